The van der Waals surface area contributed by atoms with Crippen LogP contribution in [0.25, 0.3) is 0 Å². The Labute approximate surface area is 116 Å². The summed E-state index contributed by atoms with van der Waals surface area (Å²) in [7, 11) is 0. The smallest absolute Gasteiger partial charge is 0.270 e. The quantitative estimate of drug-likeness (QED) is 0.770. The Morgan fingerprint density at radius 1 is 0.895 bits per heavy atom. The molecule has 0 aromatic rings. The van der Waals surface area contributed by atoms with E-state index in [1.807, 2.05) is 5.01 Å². The van der Waals surface area contributed by atoms with E-state index in [0.29, 0.717) is 6.04 Å². The highest BCUT2D eigenvalue weighted by Crippen LogP contribution is 2.22. The van der Waals surface area contributed by atoms with Crippen molar-refractivity contribution < 1.29 is 14.6 Å². The van der Waals surface area contributed by atoms with Gasteiger partial charge in [0.25, 0.3) is 5.91 Å². The number of hydrogen-bond donors (Lipinski definition) is 1. The first kappa shape index (κ1) is 14.5. The molecular weight excluding hydrogens is 240 g/mol. The third kappa shape index (κ3) is 3.35. The molecule has 2 aliphatic carbocycles. The van der Waals surface area contributed by atoms with Crippen LogP contribution < -0.4 is 5.01 Å². The molecule has 108 valence electrons. The van der Waals surface area contributed by atoms with Crippen molar-refractivity contribution in [3.8, 4) is 0 Å². The number of rotatable bonds is 2. The molecule has 2 aliphatic rings. The van der Waals surface area contributed by atoms with Crippen molar-refractivity contribution >= 4 is 11.8 Å². The molecule has 0 radical (unpaired) electrons. The lowest BCUT2D eigenvalue weighted by molar-refractivity contribution is -0.960. The molecule has 0 heterocycles. The van der Waals surface area contributed by atoms with E-state index in [2.05, 4.69) is 0 Å². The maximum absolute atomic E-state index is 12.1. The maximum Gasteiger partial charge on any atom is 0.333 e. The number of amides is 2. The van der Waals surface area contributed by atoms with Crippen LogP contribution in [-0.4, -0.2) is 28.9 Å². The Morgan fingerprint density at radius 3 is 1.89 bits per heavy atom. The molecule has 2 amide bonds. The van der Waals surface area contributed by atoms with Gasteiger partial charge in [-0.2, -0.15) is 10.0 Å². The molecule has 0 aromatic heterocycles. The Kier molecular flexibility index (Phi) is 4.97. The second-order valence-corrected chi connectivity index (χ2v) is 6.10. The zero-order valence-corrected chi connectivity index (χ0v) is 12.3. The van der Waals surface area contributed by atoms with Crippen LogP contribution in [0.1, 0.15) is 71.6 Å². The van der Waals surface area contributed by atoms with Crippen LogP contribution in [0.5, 0.6) is 0 Å². The molecular formula is C15H27N2O2+. The highest BCUT2D eigenvalue weighted by molar-refractivity contribution is 5.74. The van der Waals surface area contributed by atoms with Crippen LogP contribution >= 0.6 is 0 Å². The molecule has 0 bridgehead atoms. The number of nitrogens with zero attached hydrogens (tertiary/aromatic N) is 1. The minimum Gasteiger partial charge on any atom is -0.270 e. The van der Waals surface area contributed by atoms with E-state index in [4.69, 9.17) is 0 Å². The van der Waals surface area contributed by atoms with Gasteiger partial charge in [0.2, 0.25) is 0 Å². The summed E-state index contributed by atoms with van der Waals surface area (Å²) in [6.07, 6.45) is 10.3. The van der Waals surface area contributed by atoms with Gasteiger partial charge in [-0.3, -0.25) is 4.79 Å². The molecule has 4 heteroatoms. The predicted molar refractivity (Wildman–Crippen MR) is 73.3 cm³/mol. The third-order valence-corrected chi connectivity index (χ3v) is 4.64. The van der Waals surface area contributed by atoms with Crippen LogP contribution in [0, 0.1) is 0 Å². The molecule has 1 N–H and O–H groups in total. The first-order valence-electron chi connectivity index (χ1n) is 7.79. The molecule has 0 saturated heterocycles. The van der Waals surface area contributed by atoms with Crippen molar-refractivity contribution in [1.82, 2.24) is 5.01 Å². The fourth-order valence-electron chi connectivity index (χ4n) is 3.82. The van der Waals surface area contributed by atoms with E-state index in [0.717, 1.165) is 30.7 Å². The summed E-state index contributed by atoms with van der Waals surface area (Å²) in [5.41, 5.74) is 0. The monoisotopic (exact) mass is 267 g/mol. The van der Waals surface area contributed by atoms with Gasteiger partial charge < -0.3 is 0 Å². The minimum absolute atomic E-state index is 0.0580. The van der Waals surface area contributed by atoms with Gasteiger partial charge in [0.15, 0.2) is 0 Å². The van der Waals surface area contributed by atoms with Gasteiger partial charge in [-0.15, -0.1) is 0 Å². The molecule has 19 heavy (non-hydrogen) atoms. The molecule has 0 spiro atoms. The van der Waals surface area contributed by atoms with E-state index in [1.165, 1.54) is 32.1 Å². The van der Waals surface area contributed by atoms with Gasteiger partial charge in [-0.25, -0.2) is 4.79 Å². The van der Waals surface area contributed by atoms with Crippen LogP contribution in [-0.2, 0) is 9.59 Å². The van der Waals surface area contributed by atoms with Crippen molar-refractivity contribution in [2.24, 2.45) is 0 Å². The number of quaternary nitrogens is 1. The molecule has 2 saturated carbocycles. The Bertz CT molecular complexity index is 331. The van der Waals surface area contributed by atoms with E-state index >= 15 is 0 Å². The number of hydrogen-bond acceptors (Lipinski definition) is 2. The molecule has 2 fully saturated rings. The van der Waals surface area contributed by atoms with Crippen LogP contribution in [0.15, 0.2) is 0 Å². The molecule has 4 nitrogen and oxygen atoms in total. The SMILES string of the molecule is CC(=O)N(C1CCCC1)[NH+](C(C)=O)C1CCCCC1. The van der Waals surface area contributed by atoms with Gasteiger partial charge in [-0.1, -0.05) is 19.3 Å². The fourth-order valence-corrected chi connectivity index (χ4v) is 3.82. The summed E-state index contributed by atoms with van der Waals surface area (Å²) in [5, 5.41) is 2.68. The van der Waals surface area contributed by atoms with E-state index in [1.54, 1.807) is 13.8 Å². The fraction of sp³-hybridized carbons (Fsp3) is 0.867. The largest absolute Gasteiger partial charge is 0.333 e. The Morgan fingerprint density at radius 2 is 1.42 bits per heavy atom. The Hall–Kier alpha value is -0.900. The van der Waals surface area contributed by atoms with E-state index in [9.17, 15) is 9.59 Å². The zero-order chi connectivity index (χ0) is 13.8. The summed E-state index contributed by atoms with van der Waals surface area (Å²) >= 11 is 0. The van der Waals surface area contributed by atoms with Crippen molar-refractivity contribution in [3.05, 3.63) is 0 Å². The maximum atomic E-state index is 12.1. The molecule has 0 aromatic carbocycles. The zero-order valence-electron chi connectivity index (χ0n) is 12.3. The average molecular weight is 267 g/mol. The number of carbonyl (C=O) groups excluding carboxylic acids is 2. The first-order chi connectivity index (χ1) is 9.11. The van der Waals surface area contributed by atoms with Crippen molar-refractivity contribution in [3.63, 3.8) is 0 Å². The molecule has 2 rings (SSSR count). The summed E-state index contributed by atoms with van der Waals surface area (Å²) in [6, 6.07) is 0.592. The van der Waals surface area contributed by atoms with Gasteiger partial charge in [0.1, 0.15) is 6.04 Å². The minimum atomic E-state index is 0.0580. The predicted octanol–water partition coefficient (Wildman–Crippen LogP) is 1.46. The molecule has 1 atom stereocenters. The normalized spacial score (nSPS) is 23.3. The summed E-state index contributed by atoms with van der Waals surface area (Å²) < 4.78 is 0. The molecule has 0 aliphatic heterocycles. The van der Waals surface area contributed by atoms with Crippen LogP contribution in [0.4, 0.5) is 0 Å². The second kappa shape index (κ2) is 6.51. The lowest BCUT2D eigenvalue weighted by Crippen LogP contribution is -3.24. The topological polar surface area (TPSA) is 41.8 Å². The van der Waals surface area contributed by atoms with Gasteiger partial charge in [0, 0.05) is 19.8 Å². The van der Waals surface area contributed by atoms with Crippen LogP contribution in [0.3, 0.4) is 0 Å². The average Bonchev–Trinajstić information content (AvgIpc) is 2.89. The van der Waals surface area contributed by atoms with E-state index < -0.39 is 0 Å². The molecule has 1 unspecified atom stereocenters. The number of carbonyl (C=O) groups is 2. The first-order valence-corrected chi connectivity index (χ1v) is 7.79. The van der Waals surface area contributed by atoms with Gasteiger partial charge >= 0.3 is 5.91 Å². The summed E-state index contributed by atoms with van der Waals surface area (Å²) in [5.74, 6) is 0.164. The van der Waals surface area contributed by atoms with Crippen molar-refractivity contribution in [1.29, 1.82) is 0 Å². The van der Waals surface area contributed by atoms with E-state index in [-0.39, 0.29) is 17.9 Å². The highest BCUT2D eigenvalue weighted by Gasteiger charge is 2.40. The van der Waals surface area contributed by atoms with Gasteiger partial charge in [0.05, 0.1) is 13.0 Å². The third-order valence-electron chi connectivity index (χ3n) is 4.64. The summed E-state index contributed by atoms with van der Waals surface area (Å²) in [4.78, 5) is 24.2. The Balaban J connectivity index is 2.17. The lowest BCUT2D eigenvalue weighted by Gasteiger charge is -2.38. The highest BCUT2D eigenvalue weighted by atomic mass is 16.2. The standard InChI is InChI=1S/C15H26N2O2/c1-12(18)16(14-8-4-3-5-9-14)17(13(2)19)15-10-6-7-11-15/h14-15H,3-11H2,1-2H3/p+1. The second-order valence-electron chi connectivity index (χ2n) is 6.10. The summed E-state index contributed by atoms with van der Waals surface area (Å²) in [6.45, 7) is 3.25. The van der Waals surface area contributed by atoms with Crippen molar-refractivity contribution in [2.75, 3.05) is 0 Å². The van der Waals surface area contributed by atoms with Gasteiger partial charge in [-0.05, 0) is 25.7 Å². The lowest BCUT2D eigenvalue weighted by atomic mass is 9.95. The number of nitrogens with one attached hydrogen (secondary N) is 1. The van der Waals surface area contributed by atoms with Crippen LogP contribution in [0.2, 0.25) is 0 Å². The van der Waals surface area contributed by atoms with Crippen molar-refractivity contribution in [2.45, 2.75) is 83.7 Å².